The zero-order valence-electron chi connectivity index (χ0n) is 14.9. The molecule has 134 valence electrons. The number of guanidine groups is 1. The third-order valence-corrected chi connectivity index (χ3v) is 5.80. The van der Waals surface area contributed by atoms with Gasteiger partial charge in [0, 0.05) is 31.3 Å². The highest BCUT2D eigenvalue weighted by molar-refractivity contribution is 7.90. The Kier molecular flexibility index (Phi) is 6.27. The molecule has 0 spiro atoms. The van der Waals surface area contributed by atoms with Gasteiger partial charge in [0.1, 0.15) is 9.84 Å². The van der Waals surface area contributed by atoms with E-state index in [9.17, 15) is 8.42 Å². The second kappa shape index (κ2) is 8.01. The number of benzene rings is 1. The Hall–Kier alpha value is -1.56. The molecule has 5 nitrogen and oxygen atoms in total. The monoisotopic (exact) mass is 351 g/mol. The van der Waals surface area contributed by atoms with Crippen molar-refractivity contribution in [2.24, 2.45) is 4.99 Å². The fourth-order valence-corrected chi connectivity index (χ4v) is 3.89. The molecule has 0 bridgehead atoms. The molecule has 1 aliphatic carbocycles. The van der Waals surface area contributed by atoms with Crippen LogP contribution in [-0.4, -0.2) is 46.0 Å². The summed E-state index contributed by atoms with van der Waals surface area (Å²) in [6.07, 6.45) is 5.47. The molecule has 1 atom stereocenters. The number of hydrogen-bond donors (Lipinski definition) is 2. The lowest BCUT2D eigenvalue weighted by atomic mass is 9.64. The van der Waals surface area contributed by atoms with Crippen molar-refractivity contribution in [3.63, 3.8) is 0 Å². The van der Waals surface area contributed by atoms with Crippen molar-refractivity contribution in [3.8, 4) is 0 Å². The average Bonchev–Trinajstić information content (AvgIpc) is 2.51. The first-order chi connectivity index (χ1) is 11.3. The van der Waals surface area contributed by atoms with Crippen molar-refractivity contribution < 1.29 is 8.42 Å². The topological polar surface area (TPSA) is 70.6 Å². The van der Waals surface area contributed by atoms with Crippen LogP contribution in [0.15, 0.2) is 35.3 Å². The van der Waals surface area contributed by atoms with E-state index in [2.05, 4.69) is 39.9 Å². The fraction of sp³-hybridized carbons (Fsp3) is 0.611. The highest BCUT2D eigenvalue weighted by Gasteiger charge is 2.38. The largest absolute Gasteiger partial charge is 0.356 e. The van der Waals surface area contributed by atoms with Crippen LogP contribution in [0, 0.1) is 0 Å². The molecular weight excluding hydrogens is 322 g/mol. The summed E-state index contributed by atoms with van der Waals surface area (Å²) in [5.41, 5.74) is 1.57. The molecule has 0 aromatic heterocycles. The predicted molar refractivity (Wildman–Crippen MR) is 100 cm³/mol. The lowest BCUT2D eigenvalue weighted by Gasteiger charge is -2.43. The molecule has 1 aliphatic rings. The van der Waals surface area contributed by atoms with Crippen molar-refractivity contribution >= 4 is 15.8 Å². The number of sulfone groups is 1. The first-order valence-electron chi connectivity index (χ1n) is 8.55. The van der Waals surface area contributed by atoms with E-state index in [1.165, 1.54) is 31.1 Å². The number of rotatable bonds is 7. The number of hydrogen-bond acceptors (Lipinski definition) is 3. The SMILES string of the molecule is CN=C(NCC1(c2ccccc2)CCC1)NC(C)CCS(C)(=O)=O. The Balaban J connectivity index is 1.89. The Labute approximate surface area is 145 Å². The van der Waals surface area contributed by atoms with Gasteiger partial charge in [0.2, 0.25) is 0 Å². The Bertz CT molecular complexity index is 652. The maximum absolute atomic E-state index is 11.3. The van der Waals surface area contributed by atoms with E-state index in [4.69, 9.17) is 0 Å². The third kappa shape index (κ3) is 5.23. The van der Waals surface area contributed by atoms with Gasteiger partial charge in [-0.1, -0.05) is 36.8 Å². The van der Waals surface area contributed by atoms with Gasteiger partial charge < -0.3 is 10.6 Å². The lowest BCUT2D eigenvalue weighted by Crippen LogP contribution is -2.50. The number of nitrogens with zero attached hydrogens (tertiary/aromatic N) is 1. The molecule has 1 fully saturated rings. The summed E-state index contributed by atoms with van der Waals surface area (Å²) < 4.78 is 22.6. The standard InChI is InChI=1S/C18H29N3O2S/c1-15(10-13-24(3,22)23)21-17(19-2)20-14-18(11-7-12-18)16-8-5-4-6-9-16/h4-6,8-9,15H,7,10-14H2,1-3H3,(H2,19,20,21). The van der Waals surface area contributed by atoms with E-state index in [1.54, 1.807) is 7.05 Å². The molecule has 1 aromatic rings. The molecule has 1 aromatic carbocycles. The average molecular weight is 352 g/mol. The van der Waals surface area contributed by atoms with Crippen molar-refractivity contribution in [1.82, 2.24) is 10.6 Å². The van der Waals surface area contributed by atoms with Crippen LogP contribution in [0.4, 0.5) is 0 Å². The first-order valence-corrected chi connectivity index (χ1v) is 10.6. The first kappa shape index (κ1) is 18.8. The fourth-order valence-electron chi connectivity index (χ4n) is 3.11. The lowest BCUT2D eigenvalue weighted by molar-refractivity contribution is 0.243. The highest BCUT2D eigenvalue weighted by Crippen LogP contribution is 2.43. The summed E-state index contributed by atoms with van der Waals surface area (Å²) in [7, 11) is -1.18. The van der Waals surface area contributed by atoms with Gasteiger partial charge in [-0.3, -0.25) is 4.99 Å². The quantitative estimate of drug-likeness (QED) is 0.583. The predicted octanol–water partition coefficient (Wildman–Crippen LogP) is 2.10. The van der Waals surface area contributed by atoms with Crippen LogP contribution < -0.4 is 10.6 Å². The van der Waals surface area contributed by atoms with E-state index in [0.29, 0.717) is 6.42 Å². The van der Waals surface area contributed by atoms with Crippen LogP contribution in [0.2, 0.25) is 0 Å². The molecule has 0 heterocycles. The van der Waals surface area contributed by atoms with Gasteiger partial charge in [-0.05, 0) is 31.7 Å². The van der Waals surface area contributed by atoms with Crippen LogP contribution in [0.25, 0.3) is 0 Å². The van der Waals surface area contributed by atoms with Gasteiger partial charge in [-0.15, -0.1) is 0 Å². The molecule has 1 saturated carbocycles. The molecule has 6 heteroatoms. The maximum Gasteiger partial charge on any atom is 0.191 e. The van der Waals surface area contributed by atoms with Crippen LogP contribution >= 0.6 is 0 Å². The summed E-state index contributed by atoms with van der Waals surface area (Å²) in [4.78, 5) is 4.27. The van der Waals surface area contributed by atoms with E-state index in [0.717, 1.165) is 12.5 Å². The number of nitrogens with one attached hydrogen (secondary N) is 2. The normalized spacial score (nSPS) is 18.5. The Morgan fingerprint density at radius 3 is 2.46 bits per heavy atom. The van der Waals surface area contributed by atoms with E-state index in [1.807, 2.05) is 13.0 Å². The summed E-state index contributed by atoms with van der Waals surface area (Å²) in [6, 6.07) is 10.7. The van der Waals surface area contributed by atoms with E-state index >= 15 is 0 Å². The van der Waals surface area contributed by atoms with Crippen LogP contribution in [0.3, 0.4) is 0 Å². The molecule has 2 rings (SSSR count). The van der Waals surface area contributed by atoms with Crippen LogP contribution in [0.1, 0.15) is 38.2 Å². The summed E-state index contributed by atoms with van der Waals surface area (Å²) >= 11 is 0. The van der Waals surface area contributed by atoms with Gasteiger partial charge in [-0.2, -0.15) is 0 Å². The van der Waals surface area contributed by atoms with Crippen molar-refractivity contribution in [1.29, 1.82) is 0 Å². The molecule has 0 radical (unpaired) electrons. The molecule has 2 N–H and O–H groups in total. The van der Waals surface area contributed by atoms with Crippen molar-refractivity contribution in [3.05, 3.63) is 35.9 Å². The zero-order chi connectivity index (χ0) is 17.6. The molecule has 0 amide bonds. The molecule has 0 aliphatic heterocycles. The van der Waals surface area contributed by atoms with Crippen molar-refractivity contribution in [2.75, 3.05) is 25.6 Å². The molecule has 24 heavy (non-hydrogen) atoms. The van der Waals surface area contributed by atoms with E-state index < -0.39 is 9.84 Å². The van der Waals surface area contributed by atoms with Gasteiger partial charge in [0.05, 0.1) is 5.75 Å². The second-order valence-electron chi connectivity index (χ2n) is 6.89. The van der Waals surface area contributed by atoms with Gasteiger partial charge in [-0.25, -0.2) is 8.42 Å². The summed E-state index contributed by atoms with van der Waals surface area (Å²) in [5, 5.41) is 6.71. The highest BCUT2D eigenvalue weighted by atomic mass is 32.2. The van der Waals surface area contributed by atoms with Gasteiger partial charge >= 0.3 is 0 Å². The van der Waals surface area contributed by atoms with Gasteiger partial charge in [0.25, 0.3) is 0 Å². The third-order valence-electron chi connectivity index (χ3n) is 4.82. The number of aliphatic imine (C=N–C) groups is 1. The van der Waals surface area contributed by atoms with Crippen LogP contribution in [-0.2, 0) is 15.3 Å². The minimum atomic E-state index is -2.93. The van der Waals surface area contributed by atoms with Gasteiger partial charge in [0.15, 0.2) is 5.96 Å². The zero-order valence-corrected chi connectivity index (χ0v) is 15.7. The van der Waals surface area contributed by atoms with E-state index in [-0.39, 0.29) is 17.2 Å². The minimum absolute atomic E-state index is 0.0555. The maximum atomic E-state index is 11.3. The van der Waals surface area contributed by atoms with Crippen molar-refractivity contribution in [2.45, 2.75) is 44.1 Å². The Morgan fingerprint density at radius 2 is 1.96 bits per heavy atom. The molecule has 1 unspecified atom stereocenters. The Morgan fingerprint density at radius 1 is 1.29 bits per heavy atom. The smallest absolute Gasteiger partial charge is 0.191 e. The summed E-state index contributed by atoms with van der Waals surface area (Å²) in [5.74, 6) is 0.921. The second-order valence-corrected chi connectivity index (χ2v) is 9.15. The summed E-state index contributed by atoms with van der Waals surface area (Å²) in [6.45, 7) is 2.82. The van der Waals surface area contributed by atoms with Crippen LogP contribution in [0.5, 0.6) is 0 Å². The minimum Gasteiger partial charge on any atom is -0.356 e. The molecule has 0 saturated heterocycles. The molecular formula is C18H29N3O2S.